The van der Waals surface area contributed by atoms with E-state index >= 15 is 0 Å². The monoisotopic (exact) mass is 154 g/mol. The van der Waals surface area contributed by atoms with Crippen molar-refractivity contribution in [3.8, 4) is 0 Å². The molecular formula is C11H22. The molecular weight excluding hydrogens is 132 g/mol. The highest BCUT2D eigenvalue weighted by molar-refractivity contribution is 4.82. The van der Waals surface area contributed by atoms with Gasteiger partial charge in [-0.05, 0) is 36.5 Å². The van der Waals surface area contributed by atoms with Crippen LogP contribution in [0.25, 0.3) is 0 Å². The molecule has 0 radical (unpaired) electrons. The smallest absolute Gasteiger partial charge is 0.0386 e. The summed E-state index contributed by atoms with van der Waals surface area (Å²) in [5.74, 6) is 3.92. The molecule has 0 aromatic carbocycles. The quantitative estimate of drug-likeness (QED) is 0.579. The first-order chi connectivity index (χ1) is 5.16. The molecule has 3 unspecified atom stereocenters. The SMILES string of the molecule is CCC(C)C(C)C(C)C1CC1. The zero-order valence-corrected chi connectivity index (χ0v) is 8.43. The topological polar surface area (TPSA) is 0 Å². The van der Waals surface area contributed by atoms with Crippen LogP contribution in [0.1, 0.15) is 47.0 Å². The van der Waals surface area contributed by atoms with Crippen molar-refractivity contribution < 1.29 is 0 Å². The molecule has 0 amide bonds. The Kier molecular flexibility index (Phi) is 2.98. The van der Waals surface area contributed by atoms with Gasteiger partial charge >= 0.3 is 0 Å². The molecule has 0 aliphatic heterocycles. The number of rotatable bonds is 4. The summed E-state index contributed by atoms with van der Waals surface area (Å²) in [5, 5.41) is 0. The van der Waals surface area contributed by atoms with Gasteiger partial charge in [0.05, 0.1) is 0 Å². The van der Waals surface area contributed by atoms with Crippen molar-refractivity contribution >= 4 is 0 Å². The molecule has 1 saturated carbocycles. The summed E-state index contributed by atoms with van der Waals surface area (Å²) in [5.41, 5.74) is 0. The molecule has 0 aromatic heterocycles. The molecule has 1 aliphatic carbocycles. The standard InChI is InChI=1S/C11H22/c1-5-8(2)9(3)10(4)11-6-7-11/h8-11H,5-7H2,1-4H3. The molecule has 0 heterocycles. The molecule has 1 rings (SSSR count). The molecule has 0 bridgehead atoms. The van der Waals surface area contributed by atoms with E-state index < -0.39 is 0 Å². The van der Waals surface area contributed by atoms with Gasteiger partial charge in [-0.15, -0.1) is 0 Å². The maximum Gasteiger partial charge on any atom is -0.0386 e. The molecule has 1 fully saturated rings. The van der Waals surface area contributed by atoms with Crippen LogP contribution in [0.5, 0.6) is 0 Å². The van der Waals surface area contributed by atoms with Crippen LogP contribution in [-0.2, 0) is 0 Å². The highest BCUT2D eigenvalue weighted by Gasteiger charge is 2.32. The summed E-state index contributed by atoms with van der Waals surface area (Å²) < 4.78 is 0. The minimum absolute atomic E-state index is 0.922. The summed E-state index contributed by atoms with van der Waals surface area (Å²) >= 11 is 0. The van der Waals surface area contributed by atoms with Crippen LogP contribution in [-0.4, -0.2) is 0 Å². The summed E-state index contributed by atoms with van der Waals surface area (Å²) in [6.07, 6.45) is 4.35. The van der Waals surface area contributed by atoms with Crippen molar-refractivity contribution in [3.05, 3.63) is 0 Å². The average Bonchev–Trinajstić information content (AvgIpc) is 2.82. The molecule has 0 spiro atoms. The lowest BCUT2D eigenvalue weighted by atomic mass is 9.81. The first-order valence-electron chi connectivity index (χ1n) is 5.16. The Morgan fingerprint density at radius 3 is 2.09 bits per heavy atom. The molecule has 0 saturated heterocycles. The Morgan fingerprint density at radius 2 is 1.73 bits per heavy atom. The number of hydrogen-bond acceptors (Lipinski definition) is 0. The van der Waals surface area contributed by atoms with E-state index in [2.05, 4.69) is 27.7 Å². The van der Waals surface area contributed by atoms with E-state index in [1.165, 1.54) is 19.3 Å². The van der Waals surface area contributed by atoms with E-state index in [0.29, 0.717) is 0 Å². The second-order valence-corrected chi connectivity index (χ2v) is 4.44. The third kappa shape index (κ3) is 2.21. The molecule has 0 heteroatoms. The van der Waals surface area contributed by atoms with Gasteiger partial charge in [0.2, 0.25) is 0 Å². The highest BCUT2D eigenvalue weighted by Crippen LogP contribution is 2.42. The predicted molar refractivity (Wildman–Crippen MR) is 50.5 cm³/mol. The van der Waals surface area contributed by atoms with Gasteiger partial charge in [0.25, 0.3) is 0 Å². The number of hydrogen-bond donors (Lipinski definition) is 0. The average molecular weight is 154 g/mol. The van der Waals surface area contributed by atoms with Gasteiger partial charge in [-0.2, -0.15) is 0 Å². The molecule has 0 nitrogen and oxygen atoms in total. The van der Waals surface area contributed by atoms with Crippen molar-refractivity contribution in [2.45, 2.75) is 47.0 Å². The van der Waals surface area contributed by atoms with E-state index in [1.54, 1.807) is 0 Å². The second kappa shape index (κ2) is 3.60. The fourth-order valence-corrected chi connectivity index (χ4v) is 1.94. The van der Waals surface area contributed by atoms with Crippen LogP contribution in [0.4, 0.5) is 0 Å². The van der Waals surface area contributed by atoms with Gasteiger partial charge in [-0.3, -0.25) is 0 Å². The Hall–Kier alpha value is 0. The Bertz CT molecular complexity index is 113. The van der Waals surface area contributed by atoms with Crippen LogP contribution >= 0.6 is 0 Å². The van der Waals surface area contributed by atoms with Gasteiger partial charge < -0.3 is 0 Å². The third-order valence-electron chi connectivity index (χ3n) is 3.74. The molecule has 0 N–H and O–H groups in total. The van der Waals surface area contributed by atoms with E-state index in [0.717, 1.165) is 23.7 Å². The third-order valence-corrected chi connectivity index (χ3v) is 3.74. The van der Waals surface area contributed by atoms with Gasteiger partial charge in [0.1, 0.15) is 0 Å². The van der Waals surface area contributed by atoms with Gasteiger partial charge in [0, 0.05) is 0 Å². The normalized spacial score (nSPS) is 26.2. The van der Waals surface area contributed by atoms with E-state index in [-0.39, 0.29) is 0 Å². The lowest BCUT2D eigenvalue weighted by Crippen LogP contribution is -2.17. The zero-order chi connectivity index (χ0) is 8.43. The molecule has 66 valence electrons. The van der Waals surface area contributed by atoms with Crippen LogP contribution < -0.4 is 0 Å². The largest absolute Gasteiger partial charge is 0.0651 e. The van der Waals surface area contributed by atoms with Crippen molar-refractivity contribution in [3.63, 3.8) is 0 Å². The van der Waals surface area contributed by atoms with E-state index in [4.69, 9.17) is 0 Å². The first-order valence-corrected chi connectivity index (χ1v) is 5.16. The van der Waals surface area contributed by atoms with Crippen LogP contribution in [0.3, 0.4) is 0 Å². The van der Waals surface area contributed by atoms with Crippen LogP contribution in [0.15, 0.2) is 0 Å². The van der Waals surface area contributed by atoms with Crippen molar-refractivity contribution in [2.75, 3.05) is 0 Å². The van der Waals surface area contributed by atoms with Crippen molar-refractivity contribution in [1.29, 1.82) is 0 Å². The molecule has 3 atom stereocenters. The fraction of sp³-hybridized carbons (Fsp3) is 1.00. The van der Waals surface area contributed by atoms with Crippen LogP contribution in [0, 0.1) is 23.7 Å². The Balaban J connectivity index is 2.31. The maximum absolute atomic E-state index is 2.44. The minimum atomic E-state index is 0.922. The van der Waals surface area contributed by atoms with Crippen molar-refractivity contribution in [2.24, 2.45) is 23.7 Å². The van der Waals surface area contributed by atoms with Crippen LogP contribution in [0.2, 0.25) is 0 Å². The first kappa shape index (κ1) is 9.09. The van der Waals surface area contributed by atoms with Gasteiger partial charge in [0.15, 0.2) is 0 Å². The summed E-state index contributed by atoms with van der Waals surface area (Å²) in [7, 11) is 0. The lowest BCUT2D eigenvalue weighted by molar-refractivity contribution is 0.248. The van der Waals surface area contributed by atoms with Crippen molar-refractivity contribution in [1.82, 2.24) is 0 Å². The molecule has 1 aliphatic rings. The molecule has 11 heavy (non-hydrogen) atoms. The minimum Gasteiger partial charge on any atom is -0.0651 e. The maximum atomic E-state index is 2.44. The van der Waals surface area contributed by atoms with Gasteiger partial charge in [-0.25, -0.2) is 0 Å². The summed E-state index contributed by atoms with van der Waals surface area (Å²) in [6, 6.07) is 0. The predicted octanol–water partition coefficient (Wildman–Crippen LogP) is 3.71. The Morgan fingerprint density at radius 1 is 1.18 bits per heavy atom. The summed E-state index contributed by atoms with van der Waals surface area (Å²) in [4.78, 5) is 0. The van der Waals surface area contributed by atoms with E-state index in [9.17, 15) is 0 Å². The second-order valence-electron chi connectivity index (χ2n) is 4.44. The zero-order valence-electron chi connectivity index (χ0n) is 8.43. The molecule has 0 aromatic rings. The highest BCUT2D eigenvalue weighted by atomic mass is 14.4. The van der Waals surface area contributed by atoms with E-state index in [1.807, 2.05) is 0 Å². The summed E-state index contributed by atoms with van der Waals surface area (Å²) in [6.45, 7) is 9.57. The Labute approximate surface area is 71.4 Å². The lowest BCUT2D eigenvalue weighted by Gasteiger charge is -2.24. The fourth-order valence-electron chi connectivity index (χ4n) is 1.94. The van der Waals surface area contributed by atoms with Gasteiger partial charge in [-0.1, -0.05) is 34.1 Å².